The highest BCUT2D eigenvalue weighted by Crippen LogP contribution is 2.43. The number of carbonyl (C=O) groups is 3. The molecule has 3 saturated heterocycles. The zero-order chi connectivity index (χ0) is 40.1. The fourth-order valence-electron chi connectivity index (χ4n) is 9.07. The number of hydrogen-bond acceptors (Lipinski definition) is 10. The van der Waals surface area contributed by atoms with E-state index in [-0.39, 0.29) is 42.5 Å². The van der Waals surface area contributed by atoms with Gasteiger partial charge in [-0.2, -0.15) is 0 Å². The van der Waals surface area contributed by atoms with E-state index in [1.54, 1.807) is 23.5 Å². The molecule has 0 aliphatic carbocycles. The van der Waals surface area contributed by atoms with Crippen molar-refractivity contribution in [3.05, 3.63) is 58.2 Å². The number of pyridine rings is 1. The van der Waals surface area contributed by atoms with E-state index in [9.17, 15) is 14.4 Å². The lowest BCUT2D eigenvalue weighted by atomic mass is 9.84. The fourth-order valence-corrected chi connectivity index (χ4v) is 11.1. The molecular weight excluding hydrogens is 755 g/mol. The monoisotopic (exact) mass is 809 g/mol. The van der Waals surface area contributed by atoms with Gasteiger partial charge in [0.05, 0.1) is 56.2 Å². The van der Waals surface area contributed by atoms with Crippen molar-refractivity contribution in [3.8, 4) is 22.5 Å². The van der Waals surface area contributed by atoms with Gasteiger partial charge in [-0.05, 0) is 95.3 Å². The second-order valence-corrected chi connectivity index (χ2v) is 19.6. The van der Waals surface area contributed by atoms with Gasteiger partial charge in [0.2, 0.25) is 11.8 Å². The van der Waals surface area contributed by atoms with Gasteiger partial charge in [-0.15, -0.1) is 11.3 Å². The van der Waals surface area contributed by atoms with Crippen molar-refractivity contribution in [2.24, 2.45) is 17.3 Å². The van der Waals surface area contributed by atoms with Gasteiger partial charge in [-0.25, -0.2) is 10.4 Å². The Labute approximate surface area is 341 Å². The van der Waals surface area contributed by atoms with Crippen LogP contribution in [0.15, 0.2) is 41.9 Å². The Kier molecular flexibility index (Phi) is 11.2. The lowest BCUT2D eigenvalue weighted by Gasteiger charge is -2.38. The van der Waals surface area contributed by atoms with Gasteiger partial charge in [0.1, 0.15) is 6.04 Å². The quantitative estimate of drug-likeness (QED) is 0.159. The highest BCUT2D eigenvalue weighted by molar-refractivity contribution is 7.10. The molecule has 0 saturated carbocycles. The molecule has 4 aliphatic heterocycles. The molecule has 2 radical (unpaired) electrons. The van der Waals surface area contributed by atoms with Crippen LogP contribution in [-0.2, 0) is 43.2 Å². The molecule has 4 aliphatic rings. The SMILES string of the molecule is CCn1c(-c2cccnc2[C@H](C)OC)c2c3cc(ccc31)-c1csc(n1)C[C@H]([C@]1(NC(=O)[C@H]3CCCN[C@@H]3C)C[Si]1)C(=O)N1CCC[C@H](N1)C(=O)OCC(C)(C)C2. The van der Waals surface area contributed by atoms with Crippen molar-refractivity contribution in [3.63, 3.8) is 0 Å². The van der Waals surface area contributed by atoms with Crippen molar-refractivity contribution < 1.29 is 23.9 Å². The van der Waals surface area contributed by atoms with Gasteiger partial charge in [-0.3, -0.25) is 24.4 Å². The molecule has 1 aromatic carbocycles. The number of aromatic nitrogens is 3. The summed E-state index contributed by atoms with van der Waals surface area (Å²) in [6.07, 6.45) is 5.63. The zero-order valence-electron chi connectivity index (χ0n) is 33.9. The summed E-state index contributed by atoms with van der Waals surface area (Å²) in [6, 6.07) is 10.8. The number of amides is 2. The molecular formula is C43H55N7O5SSi. The van der Waals surface area contributed by atoms with E-state index >= 15 is 0 Å². The summed E-state index contributed by atoms with van der Waals surface area (Å²) in [7, 11) is 2.13. The van der Waals surface area contributed by atoms with Gasteiger partial charge in [0.25, 0.3) is 0 Å². The Morgan fingerprint density at radius 3 is 2.79 bits per heavy atom. The van der Waals surface area contributed by atoms with Crippen LogP contribution in [0.3, 0.4) is 0 Å². The minimum absolute atomic E-state index is 0.0139. The number of hydrogen-bond donors (Lipinski definition) is 3. The second kappa shape index (κ2) is 16.0. The highest BCUT2D eigenvalue weighted by atomic mass is 32.1. The first-order valence-corrected chi connectivity index (χ1v) is 22.6. The predicted octanol–water partition coefficient (Wildman–Crippen LogP) is 5.67. The second-order valence-electron chi connectivity index (χ2n) is 17.1. The summed E-state index contributed by atoms with van der Waals surface area (Å²) >= 11 is 1.56. The van der Waals surface area contributed by atoms with Crippen LogP contribution in [-0.4, -0.2) is 90.9 Å². The number of thiazole rings is 1. The molecule has 2 amide bonds. The molecule has 0 unspecified atom stereocenters. The lowest BCUT2D eigenvalue weighted by molar-refractivity contribution is -0.155. The summed E-state index contributed by atoms with van der Waals surface area (Å²) in [5.41, 5.74) is 9.93. The number of nitrogens with one attached hydrogen (secondary N) is 3. The van der Waals surface area contributed by atoms with Crippen LogP contribution in [0.2, 0.25) is 6.04 Å². The number of piperidine rings is 1. The summed E-state index contributed by atoms with van der Waals surface area (Å²) in [4.78, 5) is 52.4. The van der Waals surface area contributed by atoms with E-state index in [0.717, 1.165) is 81.7 Å². The summed E-state index contributed by atoms with van der Waals surface area (Å²) in [5.74, 6) is -1.14. The predicted molar refractivity (Wildman–Crippen MR) is 223 cm³/mol. The largest absolute Gasteiger partial charge is 0.464 e. The van der Waals surface area contributed by atoms with Gasteiger partial charge in [-0.1, -0.05) is 19.9 Å². The summed E-state index contributed by atoms with van der Waals surface area (Å²) in [6.45, 7) is 12.9. The molecule has 7 heterocycles. The highest BCUT2D eigenvalue weighted by Gasteiger charge is 2.56. The number of ether oxygens (including phenoxy) is 2. The maximum absolute atomic E-state index is 14.7. The molecule has 57 heavy (non-hydrogen) atoms. The molecule has 14 heteroatoms. The van der Waals surface area contributed by atoms with Crippen molar-refractivity contribution in [2.45, 2.75) is 109 Å². The van der Waals surface area contributed by atoms with Gasteiger partial charge in [0.15, 0.2) is 0 Å². The first-order valence-electron chi connectivity index (χ1n) is 20.5. The Hall–Kier alpha value is -3.95. The zero-order valence-corrected chi connectivity index (χ0v) is 35.8. The van der Waals surface area contributed by atoms with Crippen LogP contribution in [0.5, 0.6) is 0 Å². The number of aryl methyl sites for hydroxylation is 1. The molecule has 12 nitrogen and oxygen atoms in total. The van der Waals surface area contributed by atoms with Crippen LogP contribution in [0.1, 0.15) is 82.7 Å². The minimum atomic E-state index is -0.653. The number of cyclic esters (lactones) is 1. The van der Waals surface area contributed by atoms with E-state index in [1.807, 2.05) is 19.2 Å². The van der Waals surface area contributed by atoms with E-state index in [1.165, 1.54) is 0 Å². The first-order chi connectivity index (χ1) is 27.4. The standard InChI is InChI=1S/C43H55N7O5SSi/c1-7-49-35-15-14-27-19-30(35)31(38(49)29-12-9-17-45-37(29)26(3)54-6)21-42(4,5)23-55-41(53)33-13-10-18-50(48-33)40(52)32(20-36-46-34(27)22-56-36)43(24-57-43)47-39(51)28-11-8-16-44-25(28)2/h9,12,14-15,17,19,22,25-26,28,32-33,44,48H,7-8,10-11,13,16,18,20-21,23-24H2,1-6H3,(H,47,51)/t25-,26+,28+,32+,33+,43+/m1/s1. The topological polar surface area (TPSA) is 140 Å². The van der Waals surface area contributed by atoms with Gasteiger partial charge < -0.3 is 24.7 Å². The molecule has 302 valence electrons. The third kappa shape index (κ3) is 7.83. The van der Waals surface area contributed by atoms with Crippen molar-refractivity contribution in [1.29, 1.82) is 0 Å². The molecule has 3 N–H and O–H groups in total. The van der Waals surface area contributed by atoms with Crippen molar-refractivity contribution >= 4 is 49.5 Å². The number of nitrogens with zero attached hydrogens (tertiary/aromatic N) is 4. The van der Waals surface area contributed by atoms with Crippen LogP contribution in [0.4, 0.5) is 0 Å². The number of hydrazine groups is 1. The molecule has 3 aromatic heterocycles. The Morgan fingerprint density at radius 2 is 2.04 bits per heavy atom. The fraction of sp³-hybridized carbons (Fsp3) is 0.558. The van der Waals surface area contributed by atoms with Gasteiger partial charge >= 0.3 is 5.97 Å². The molecule has 8 rings (SSSR count). The van der Waals surface area contributed by atoms with E-state index < -0.39 is 22.5 Å². The average molecular weight is 810 g/mol. The molecule has 0 spiro atoms. The summed E-state index contributed by atoms with van der Waals surface area (Å²) in [5, 5.41) is 11.9. The third-order valence-electron chi connectivity index (χ3n) is 12.4. The van der Waals surface area contributed by atoms with Crippen molar-refractivity contribution in [1.82, 2.24) is 35.6 Å². The number of carbonyl (C=O) groups excluding carboxylic acids is 3. The van der Waals surface area contributed by atoms with Crippen LogP contribution in [0, 0.1) is 17.3 Å². The van der Waals surface area contributed by atoms with E-state index in [0.29, 0.717) is 41.7 Å². The number of benzene rings is 1. The minimum Gasteiger partial charge on any atom is -0.464 e. The number of fused-ring (bicyclic) bond motifs is 6. The smallest absolute Gasteiger partial charge is 0.324 e. The van der Waals surface area contributed by atoms with Crippen LogP contribution < -0.4 is 16.1 Å². The Morgan fingerprint density at radius 1 is 1.21 bits per heavy atom. The normalized spacial score (nSPS) is 27.1. The number of rotatable bonds is 7. The average Bonchev–Trinajstić information content (AvgIpc) is 3.72. The maximum Gasteiger partial charge on any atom is 0.324 e. The van der Waals surface area contributed by atoms with E-state index in [4.69, 9.17) is 19.4 Å². The van der Waals surface area contributed by atoms with Crippen LogP contribution in [0.25, 0.3) is 33.4 Å². The molecule has 6 bridgehead atoms. The maximum atomic E-state index is 14.7. The first kappa shape index (κ1) is 39.9. The molecule has 4 aromatic rings. The Bertz CT molecular complexity index is 2160. The molecule has 6 atom stereocenters. The summed E-state index contributed by atoms with van der Waals surface area (Å²) < 4.78 is 14.3. The molecule has 3 fully saturated rings. The lowest BCUT2D eigenvalue weighted by Crippen LogP contribution is -2.61. The Balaban J connectivity index is 1.23. The van der Waals surface area contributed by atoms with Gasteiger partial charge in [0, 0.05) is 76.8 Å². The van der Waals surface area contributed by atoms with Crippen molar-refractivity contribution in [2.75, 3.05) is 26.8 Å². The van der Waals surface area contributed by atoms with E-state index in [2.05, 4.69) is 78.0 Å². The number of methoxy groups -OCH3 is 1. The van der Waals surface area contributed by atoms with Crippen LogP contribution >= 0.6 is 11.3 Å². The third-order valence-corrected chi connectivity index (χ3v) is 14.9. The number of esters is 1.